The molecule has 0 spiro atoms. The Morgan fingerprint density at radius 1 is 0.848 bits per heavy atom. The second kappa shape index (κ2) is 8.84. The summed E-state index contributed by atoms with van der Waals surface area (Å²) in [5.41, 5.74) is 3.19. The number of hydrogen-bond acceptors (Lipinski definition) is 5. The smallest absolute Gasteiger partial charge is 0.279 e. The molecule has 3 aromatic carbocycles. The van der Waals surface area contributed by atoms with Crippen LogP contribution in [0.3, 0.4) is 0 Å². The first-order valence-corrected chi connectivity index (χ1v) is 12.2. The number of amides is 1. The van der Waals surface area contributed by atoms with Crippen molar-refractivity contribution >= 4 is 40.4 Å². The van der Waals surface area contributed by atoms with Crippen molar-refractivity contribution in [2.45, 2.75) is 29.7 Å². The third-order valence-corrected chi connectivity index (χ3v) is 7.60. The molecule has 0 bridgehead atoms. The first-order chi connectivity index (χ1) is 16.0. The van der Waals surface area contributed by atoms with E-state index in [-0.39, 0.29) is 23.7 Å². The van der Waals surface area contributed by atoms with Crippen molar-refractivity contribution in [2.75, 3.05) is 4.90 Å². The summed E-state index contributed by atoms with van der Waals surface area (Å²) in [4.78, 5) is 42.8. The number of nitrogens with zero attached hydrogens (tertiary/aromatic N) is 2. The van der Waals surface area contributed by atoms with Crippen LogP contribution in [0, 0.1) is 6.92 Å². The minimum absolute atomic E-state index is 0.0369. The number of anilines is 2. The number of carbonyl (C=O) groups excluding carboxylic acids is 1. The van der Waals surface area contributed by atoms with E-state index in [0.717, 1.165) is 48.2 Å². The number of hydrogen-bond donors (Lipinski definition) is 0. The molecule has 0 N–H and O–H groups in total. The molecule has 2 heterocycles. The summed E-state index contributed by atoms with van der Waals surface area (Å²) in [6.07, 6.45) is 0.0408. The van der Waals surface area contributed by atoms with Gasteiger partial charge in [-0.2, -0.15) is 0 Å². The summed E-state index contributed by atoms with van der Waals surface area (Å²) in [5.74, 6) is -0.158. The Labute approximate surface area is 199 Å². The lowest BCUT2D eigenvalue weighted by atomic mass is 10.1. The summed E-state index contributed by atoms with van der Waals surface area (Å²) in [5, 5.41) is 0. The van der Waals surface area contributed by atoms with Crippen molar-refractivity contribution in [3.63, 3.8) is 0 Å². The fourth-order valence-electron chi connectivity index (χ4n) is 3.81. The van der Waals surface area contributed by atoms with Gasteiger partial charge in [0.25, 0.3) is 5.56 Å². The molecule has 0 radical (unpaired) electrons. The molecule has 33 heavy (non-hydrogen) atoms. The maximum absolute atomic E-state index is 13.3. The molecule has 0 atom stereocenters. The highest BCUT2D eigenvalue weighted by atomic mass is 32.2. The van der Waals surface area contributed by atoms with Gasteiger partial charge in [-0.15, -0.1) is 0 Å². The van der Waals surface area contributed by atoms with Crippen LogP contribution in [0.1, 0.15) is 12.0 Å². The van der Waals surface area contributed by atoms with E-state index in [1.165, 1.54) is 6.07 Å². The highest BCUT2D eigenvalue weighted by Gasteiger charge is 2.27. The number of aryl methyl sites for hydroxylation is 1. The van der Waals surface area contributed by atoms with Gasteiger partial charge in [-0.25, -0.2) is 0 Å². The lowest BCUT2D eigenvalue weighted by Gasteiger charge is -2.31. The third kappa shape index (κ3) is 4.17. The van der Waals surface area contributed by atoms with Gasteiger partial charge in [-0.05, 0) is 36.8 Å². The molecular formula is C26H20N2O3S2. The van der Waals surface area contributed by atoms with Crippen LogP contribution in [0.5, 0.6) is 0 Å². The predicted molar refractivity (Wildman–Crippen MR) is 134 cm³/mol. The van der Waals surface area contributed by atoms with E-state index in [1.807, 2.05) is 79.7 Å². The van der Waals surface area contributed by atoms with Crippen LogP contribution >= 0.6 is 23.1 Å². The average molecular weight is 473 g/mol. The van der Waals surface area contributed by atoms with E-state index in [9.17, 15) is 14.4 Å². The van der Waals surface area contributed by atoms with Crippen LogP contribution in [0.25, 0.3) is 10.4 Å². The Bertz CT molecular complexity index is 1400. The van der Waals surface area contributed by atoms with Crippen LogP contribution in [0.2, 0.25) is 0 Å². The van der Waals surface area contributed by atoms with Crippen LogP contribution in [-0.4, -0.2) is 10.5 Å². The van der Waals surface area contributed by atoms with Crippen LogP contribution in [0.15, 0.2) is 98.2 Å². The number of rotatable bonds is 4. The van der Waals surface area contributed by atoms with Crippen LogP contribution in [0.4, 0.5) is 11.4 Å². The van der Waals surface area contributed by atoms with Gasteiger partial charge in [0.05, 0.1) is 11.4 Å². The van der Waals surface area contributed by atoms with Crippen molar-refractivity contribution in [1.29, 1.82) is 0 Å². The average Bonchev–Trinajstić information content (AvgIpc) is 2.82. The standard InChI is InChI=1S/C26H20N2O3S2/c1-17-10-12-18(13-11-17)23-16-25(30)27(26(31)33-23)15-14-24(29)28-19-6-2-4-8-21(19)32-22-9-5-3-7-20(22)28/h2-13,16H,14-15H2,1H3. The quantitative estimate of drug-likeness (QED) is 0.395. The maximum Gasteiger partial charge on any atom is 0.310 e. The van der Waals surface area contributed by atoms with Gasteiger partial charge in [0.1, 0.15) is 0 Å². The normalized spacial score (nSPS) is 12.2. The van der Waals surface area contributed by atoms with E-state index < -0.39 is 5.56 Å². The van der Waals surface area contributed by atoms with E-state index in [0.29, 0.717) is 4.88 Å². The van der Waals surface area contributed by atoms with Gasteiger partial charge >= 0.3 is 4.87 Å². The summed E-state index contributed by atoms with van der Waals surface area (Å²) in [7, 11) is 0. The Kier molecular flexibility index (Phi) is 5.74. The monoisotopic (exact) mass is 472 g/mol. The SMILES string of the molecule is Cc1ccc(-c2cc(=O)n(CCC(=O)N3c4ccccc4Sc4ccccc43)c(=O)s2)cc1. The number of para-hydroxylation sites is 2. The van der Waals surface area contributed by atoms with Gasteiger partial charge < -0.3 is 0 Å². The Morgan fingerprint density at radius 3 is 2.06 bits per heavy atom. The largest absolute Gasteiger partial charge is 0.310 e. The van der Waals surface area contributed by atoms with Crippen LogP contribution in [-0.2, 0) is 11.3 Å². The minimum atomic E-state index is -0.392. The second-order valence-electron chi connectivity index (χ2n) is 7.75. The number of carbonyl (C=O) groups is 1. The molecule has 4 aromatic rings. The molecule has 5 rings (SSSR count). The van der Waals surface area contributed by atoms with Gasteiger partial charge in [0, 0.05) is 33.7 Å². The van der Waals surface area contributed by atoms with E-state index in [4.69, 9.17) is 0 Å². The molecule has 0 unspecified atom stereocenters. The van der Waals surface area contributed by atoms with Gasteiger partial charge in [0.2, 0.25) is 5.91 Å². The topological polar surface area (TPSA) is 59.4 Å². The van der Waals surface area contributed by atoms with Gasteiger partial charge in [0.15, 0.2) is 0 Å². The zero-order valence-electron chi connectivity index (χ0n) is 17.9. The molecule has 0 saturated heterocycles. The Balaban J connectivity index is 1.42. The summed E-state index contributed by atoms with van der Waals surface area (Å²) >= 11 is 2.65. The molecule has 1 amide bonds. The van der Waals surface area contributed by atoms with Crippen molar-refractivity contribution in [3.05, 3.63) is 104 Å². The van der Waals surface area contributed by atoms with Gasteiger partial charge in [-0.3, -0.25) is 23.9 Å². The molecule has 1 aliphatic heterocycles. The van der Waals surface area contributed by atoms with Crippen molar-refractivity contribution in [2.24, 2.45) is 0 Å². The number of benzene rings is 3. The lowest BCUT2D eigenvalue weighted by molar-refractivity contribution is -0.118. The summed E-state index contributed by atoms with van der Waals surface area (Å²) < 4.78 is 1.15. The zero-order chi connectivity index (χ0) is 22.9. The Hall–Kier alpha value is -3.42. The van der Waals surface area contributed by atoms with E-state index in [1.54, 1.807) is 16.7 Å². The van der Waals surface area contributed by atoms with Gasteiger partial charge in [-0.1, -0.05) is 77.2 Å². The molecule has 5 nitrogen and oxygen atoms in total. The lowest BCUT2D eigenvalue weighted by Crippen LogP contribution is -2.34. The maximum atomic E-state index is 13.3. The molecular weight excluding hydrogens is 452 g/mol. The second-order valence-corrected chi connectivity index (χ2v) is 9.83. The molecule has 1 aliphatic rings. The highest BCUT2D eigenvalue weighted by molar-refractivity contribution is 7.99. The summed E-state index contributed by atoms with van der Waals surface area (Å²) in [6.45, 7) is 2.02. The molecule has 0 saturated carbocycles. The fourth-order valence-corrected chi connectivity index (χ4v) is 5.76. The zero-order valence-corrected chi connectivity index (χ0v) is 19.5. The number of fused-ring (bicyclic) bond motifs is 2. The fraction of sp³-hybridized carbons (Fsp3) is 0.115. The third-order valence-electron chi connectivity index (χ3n) is 5.51. The minimum Gasteiger partial charge on any atom is -0.279 e. The van der Waals surface area contributed by atoms with Crippen LogP contribution < -0.4 is 15.3 Å². The molecule has 7 heteroatoms. The van der Waals surface area contributed by atoms with E-state index >= 15 is 0 Å². The molecule has 164 valence electrons. The van der Waals surface area contributed by atoms with Crippen molar-refractivity contribution < 1.29 is 4.79 Å². The van der Waals surface area contributed by atoms with Crippen molar-refractivity contribution in [1.82, 2.24) is 4.57 Å². The number of aromatic nitrogens is 1. The Morgan fingerprint density at radius 2 is 1.45 bits per heavy atom. The van der Waals surface area contributed by atoms with E-state index in [2.05, 4.69) is 0 Å². The molecule has 0 aliphatic carbocycles. The predicted octanol–water partition coefficient (Wildman–Crippen LogP) is 5.47. The molecule has 0 fully saturated rings. The van der Waals surface area contributed by atoms with Crippen molar-refractivity contribution in [3.8, 4) is 10.4 Å². The molecule has 1 aromatic heterocycles. The first-order valence-electron chi connectivity index (χ1n) is 10.5. The highest BCUT2D eigenvalue weighted by Crippen LogP contribution is 2.48. The summed E-state index contributed by atoms with van der Waals surface area (Å²) in [6, 6.07) is 24.7. The first kappa shape index (κ1) is 21.4.